The standard InChI is InChI=1S/2C10H13N4O8P/c2*15-6-4(1-21-23(18,19)20)22-10(7(6)16)14-3-13-5-8(14)11-2-12-9(5)17/h2*2-4,6-7,10,15-16H,1H2,(H,11,12,17)(H2,18,19,20)/t2*4-,6-,7-,10-/m11/s1. The van der Waals surface area contributed by atoms with Gasteiger partial charge in [-0.2, -0.15) is 9.97 Å². The van der Waals surface area contributed by atoms with Crippen LogP contribution >= 0.6 is 15.6 Å². The van der Waals surface area contributed by atoms with E-state index in [2.05, 4.69) is 39.0 Å². The molecule has 0 spiro atoms. The molecule has 24 nitrogen and oxygen atoms in total. The van der Waals surface area contributed by atoms with Crippen molar-refractivity contribution >= 4 is 38.0 Å². The molecule has 0 bridgehead atoms. The van der Waals surface area contributed by atoms with Gasteiger partial charge in [-0.25, -0.2) is 29.1 Å². The van der Waals surface area contributed by atoms with Gasteiger partial charge in [0.15, 0.2) is 34.8 Å². The summed E-state index contributed by atoms with van der Waals surface area (Å²) < 4.78 is 43.3. The molecule has 2 aliphatic heterocycles. The lowest BCUT2D eigenvalue weighted by atomic mass is 10.1. The number of aliphatic hydroxyl groups is 4. The minimum Gasteiger partial charge on any atom is -0.492 e. The smallest absolute Gasteiger partial charge is 0.469 e. The van der Waals surface area contributed by atoms with Gasteiger partial charge in [-0.1, -0.05) is 0 Å². The summed E-state index contributed by atoms with van der Waals surface area (Å²) in [7, 11) is -9.47. The molecule has 46 heavy (non-hydrogen) atoms. The first kappa shape index (κ1) is 34.0. The van der Waals surface area contributed by atoms with Gasteiger partial charge in [-0.3, -0.25) is 18.2 Å². The Hall–Kier alpha value is -3.32. The Morgan fingerprint density at radius 3 is 1.35 bits per heavy atom. The number of rotatable bonds is 8. The Bertz CT molecular complexity index is 1650. The van der Waals surface area contributed by atoms with Gasteiger partial charge in [0.25, 0.3) is 0 Å². The van der Waals surface area contributed by atoms with E-state index in [9.17, 15) is 39.8 Å². The van der Waals surface area contributed by atoms with E-state index in [1.165, 1.54) is 21.8 Å². The van der Waals surface area contributed by atoms with Gasteiger partial charge in [-0.15, -0.1) is 0 Å². The molecule has 0 aromatic carbocycles. The lowest BCUT2D eigenvalue weighted by Gasteiger charge is -2.16. The molecule has 2 aliphatic rings. The van der Waals surface area contributed by atoms with Crippen molar-refractivity contribution in [3.8, 4) is 11.8 Å². The van der Waals surface area contributed by atoms with Crippen molar-refractivity contribution in [1.82, 2.24) is 39.0 Å². The highest BCUT2D eigenvalue weighted by molar-refractivity contribution is 7.46. The van der Waals surface area contributed by atoms with Gasteiger partial charge < -0.3 is 59.7 Å². The number of aliphatic hydroxyl groups excluding tert-OH is 4. The average Bonchev–Trinajstić information content (AvgIpc) is 3.73. The van der Waals surface area contributed by atoms with Crippen LogP contribution in [0.25, 0.3) is 22.3 Å². The zero-order valence-corrected chi connectivity index (χ0v) is 24.5. The highest BCUT2D eigenvalue weighted by Gasteiger charge is 2.46. The third-order valence-electron chi connectivity index (χ3n) is 6.72. The molecule has 4 aromatic heterocycles. The monoisotopic (exact) mass is 696 g/mol. The number of aromatic hydroxyl groups is 2. The van der Waals surface area contributed by atoms with Crippen molar-refractivity contribution in [1.29, 1.82) is 0 Å². The van der Waals surface area contributed by atoms with Crippen LogP contribution in [-0.2, 0) is 27.7 Å². The van der Waals surface area contributed by atoms with Crippen molar-refractivity contribution in [2.75, 3.05) is 13.2 Å². The molecule has 0 amide bonds. The predicted octanol–water partition coefficient (Wildman–Crippen LogP) is -3.48. The third kappa shape index (κ3) is 7.15. The second kappa shape index (κ2) is 13.1. The molecule has 0 saturated carbocycles. The summed E-state index contributed by atoms with van der Waals surface area (Å²) in [4.78, 5) is 57.5. The van der Waals surface area contributed by atoms with E-state index in [4.69, 9.17) is 29.0 Å². The molecule has 2 fully saturated rings. The molecule has 8 atom stereocenters. The predicted molar refractivity (Wildman–Crippen MR) is 142 cm³/mol. The number of fused-ring (bicyclic) bond motifs is 2. The minimum atomic E-state index is -4.74. The van der Waals surface area contributed by atoms with E-state index < -0.39 is 77.9 Å². The fourth-order valence-electron chi connectivity index (χ4n) is 4.59. The van der Waals surface area contributed by atoms with Crippen LogP contribution in [0, 0.1) is 0 Å². The van der Waals surface area contributed by atoms with Gasteiger partial charge in [0, 0.05) is 0 Å². The Kier molecular flexibility index (Phi) is 9.66. The van der Waals surface area contributed by atoms with Crippen LogP contribution in [0.1, 0.15) is 12.5 Å². The average molecular weight is 696 g/mol. The second-order valence-electron chi connectivity index (χ2n) is 9.71. The van der Waals surface area contributed by atoms with Crippen molar-refractivity contribution < 1.29 is 77.9 Å². The topological polar surface area (TPSA) is 361 Å². The van der Waals surface area contributed by atoms with E-state index >= 15 is 0 Å². The summed E-state index contributed by atoms with van der Waals surface area (Å²) >= 11 is 0. The van der Waals surface area contributed by atoms with Crippen LogP contribution in [0.2, 0.25) is 0 Å². The quantitative estimate of drug-likeness (QED) is 0.0799. The van der Waals surface area contributed by atoms with Crippen LogP contribution in [0.3, 0.4) is 0 Å². The Morgan fingerprint density at radius 2 is 1.00 bits per heavy atom. The number of ether oxygens (including phenoxy) is 2. The van der Waals surface area contributed by atoms with Crippen LogP contribution in [-0.4, -0.2) is 139 Å². The molecule has 26 heteroatoms. The molecular formula is C20H26N8O16P2. The van der Waals surface area contributed by atoms with E-state index in [1.54, 1.807) is 0 Å². The molecule has 6 rings (SSSR count). The number of nitrogens with zero attached hydrogens (tertiary/aromatic N) is 8. The van der Waals surface area contributed by atoms with Gasteiger partial charge in [0.1, 0.15) is 49.3 Å². The second-order valence-corrected chi connectivity index (χ2v) is 12.2. The summed E-state index contributed by atoms with van der Waals surface area (Å²) in [5.41, 5.74) is 0.469. The largest absolute Gasteiger partial charge is 0.492 e. The van der Waals surface area contributed by atoms with Crippen LogP contribution in [0.5, 0.6) is 11.8 Å². The first-order chi connectivity index (χ1) is 21.6. The highest BCUT2D eigenvalue weighted by Crippen LogP contribution is 2.40. The van der Waals surface area contributed by atoms with E-state index in [1.807, 2.05) is 0 Å². The molecule has 0 aliphatic carbocycles. The van der Waals surface area contributed by atoms with Gasteiger partial charge in [0.2, 0.25) is 11.8 Å². The van der Waals surface area contributed by atoms with Gasteiger partial charge in [-0.05, 0) is 0 Å². The first-order valence-electron chi connectivity index (χ1n) is 12.7. The molecule has 6 heterocycles. The molecule has 252 valence electrons. The summed E-state index contributed by atoms with van der Waals surface area (Å²) in [6.07, 6.45) is -5.71. The first-order valence-corrected chi connectivity index (χ1v) is 15.8. The highest BCUT2D eigenvalue weighted by atomic mass is 31.2. The lowest BCUT2D eigenvalue weighted by Crippen LogP contribution is -2.33. The molecular weight excluding hydrogens is 670 g/mol. The Morgan fingerprint density at radius 1 is 0.630 bits per heavy atom. The van der Waals surface area contributed by atoms with Gasteiger partial charge >= 0.3 is 15.6 Å². The molecule has 0 radical (unpaired) electrons. The van der Waals surface area contributed by atoms with Crippen LogP contribution in [0.4, 0.5) is 0 Å². The van der Waals surface area contributed by atoms with Crippen molar-refractivity contribution in [2.45, 2.75) is 49.1 Å². The van der Waals surface area contributed by atoms with Crippen molar-refractivity contribution in [2.24, 2.45) is 0 Å². The molecule has 0 unspecified atom stereocenters. The van der Waals surface area contributed by atoms with Crippen molar-refractivity contribution in [3.05, 3.63) is 25.3 Å². The van der Waals surface area contributed by atoms with E-state index in [0.29, 0.717) is 0 Å². The number of imidazole rings is 2. The summed E-state index contributed by atoms with van der Waals surface area (Å²) in [5.74, 6) is -0.716. The van der Waals surface area contributed by atoms with Crippen LogP contribution < -0.4 is 0 Å². The van der Waals surface area contributed by atoms with Gasteiger partial charge in [0.05, 0.1) is 25.9 Å². The zero-order valence-electron chi connectivity index (χ0n) is 22.7. The SMILES string of the molecule is O=P(O)(O)OC[C@H]1O[C@@H](n2cnc3c(O)ncnc32)[C@H](O)[C@@H]1O.O=P(O)(O)OC[C@H]1O[C@@H](n2cnc3c(O)ncnc32)[C@H](O)[C@@H]1O. The zero-order chi connectivity index (χ0) is 33.6. The summed E-state index contributed by atoms with van der Waals surface area (Å²) in [6, 6.07) is 0. The fourth-order valence-corrected chi connectivity index (χ4v) is 5.27. The Balaban J connectivity index is 0.000000181. The fraction of sp³-hybridized carbons (Fsp3) is 0.500. The summed E-state index contributed by atoms with van der Waals surface area (Å²) in [6.45, 7) is -1.24. The lowest BCUT2D eigenvalue weighted by molar-refractivity contribution is -0.0504. The number of hydrogen-bond acceptors (Lipinski definition) is 18. The summed E-state index contributed by atoms with van der Waals surface area (Å²) in [5, 5.41) is 59.2. The maximum atomic E-state index is 10.7. The third-order valence-corrected chi connectivity index (χ3v) is 7.69. The minimum absolute atomic E-state index is 0.0766. The molecule has 2 saturated heterocycles. The number of phosphoric acid groups is 2. The van der Waals surface area contributed by atoms with Crippen molar-refractivity contribution in [3.63, 3.8) is 0 Å². The number of phosphoric ester groups is 2. The molecule has 4 aromatic rings. The Labute approximate surface area is 254 Å². The van der Waals surface area contributed by atoms with E-state index in [0.717, 1.165) is 12.7 Å². The number of aromatic nitrogens is 8. The number of hydrogen-bond donors (Lipinski definition) is 10. The maximum Gasteiger partial charge on any atom is 0.469 e. The van der Waals surface area contributed by atoms with E-state index in [-0.39, 0.29) is 34.1 Å². The van der Waals surface area contributed by atoms with Crippen LogP contribution in [0.15, 0.2) is 25.3 Å². The maximum absolute atomic E-state index is 10.7. The normalized spacial score (nSPS) is 28.5. The molecule has 10 N–H and O–H groups in total.